The van der Waals surface area contributed by atoms with Crippen LogP contribution in [-0.4, -0.2) is 45.3 Å². The van der Waals surface area contributed by atoms with Gasteiger partial charge in [0.1, 0.15) is 5.78 Å². The molecular formula is C21H31NO3. The van der Waals surface area contributed by atoms with Gasteiger partial charge < -0.3 is 9.90 Å². The van der Waals surface area contributed by atoms with Crippen LogP contribution in [0.1, 0.15) is 71.6 Å². The average molecular weight is 345 g/mol. The predicted molar refractivity (Wildman–Crippen MR) is 96.2 cm³/mol. The van der Waals surface area contributed by atoms with Crippen LogP contribution < -0.4 is 0 Å². The fourth-order valence-corrected chi connectivity index (χ4v) is 6.41. The number of hydrogen-bond donors (Lipinski definition) is 1. The first-order valence-corrected chi connectivity index (χ1v) is 10.1. The Morgan fingerprint density at radius 1 is 1.28 bits per heavy atom. The molecule has 4 nitrogen and oxygen atoms in total. The number of aliphatic hydroxyl groups is 1. The second-order valence-electron chi connectivity index (χ2n) is 9.09. The molecule has 0 aromatic heterocycles. The number of allylic oxidation sites excluding steroid dienone is 2. The summed E-state index contributed by atoms with van der Waals surface area (Å²) in [5.41, 5.74) is 0.463. The second kappa shape index (κ2) is 6.02. The van der Waals surface area contributed by atoms with E-state index in [4.69, 9.17) is 0 Å². The summed E-state index contributed by atoms with van der Waals surface area (Å²) in [6.07, 6.45) is 9.80. The Labute approximate surface area is 150 Å². The normalized spacial score (nSPS) is 43.9. The molecule has 1 saturated carbocycles. The number of ketones is 2. The van der Waals surface area contributed by atoms with Crippen molar-refractivity contribution < 1.29 is 14.7 Å². The summed E-state index contributed by atoms with van der Waals surface area (Å²) in [5.74, 6) is 1.69. The minimum absolute atomic E-state index is 0.170. The first-order chi connectivity index (χ1) is 11.8. The zero-order valence-electron chi connectivity index (χ0n) is 15.6. The Morgan fingerprint density at radius 3 is 2.84 bits per heavy atom. The van der Waals surface area contributed by atoms with Crippen LogP contribution in [0.5, 0.6) is 0 Å². The third-order valence-corrected chi connectivity index (χ3v) is 7.92. The number of carbonyl (C=O) groups is 2. The molecule has 3 fully saturated rings. The highest BCUT2D eigenvalue weighted by Crippen LogP contribution is 2.55. The highest BCUT2D eigenvalue weighted by molar-refractivity contribution is 5.91. The minimum atomic E-state index is -0.734. The van der Waals surface area contributed by atoms with Crippen LogP contribution in [0.3, 0.4) is 0 Å². The minimum Gasteiger partial charge on any atom is -0.388 e. The maximum atomic E-state index is 11.8. The standard InChI is InChI=1S/C21H31NO3/c1-14(23)7-10-21(25)11-12-22-19-6-3-15-13-16(24)4-5-17(15)18(19)8-9-20(21,22)2/h13,17-19,25H,3-12H2,1-2H3/t17?,18?,19-,20-,21+/m1/s1. The SMILES string of the molecule is CC(=O)CC[C@]1(O)CCN2[C@@H]3CCC4=CC(=O)CCC4C3CC[C@@]21C. The van der Waals surface area contributed by atoms with Gasteiger partial charge in [-0.25, -0.2) is 0 Å². The molecular weight excluding hydrogens is 314 g/mol. The monoisotopic (exact) mass is 345 g/mol. The molecule has 2 heterocycles. The van der Waals surface area contributed by atoms with Crippen LogP contribution in [0.4, 0.5) is 0 Å². The summed E-state index contributed by atoms with van der Waals surface area (Å²) in [6.45, 7) is 4.79. The van der Waals surface area contributed by atoms with Crippen molar-refractivity contribution in [2.24, 2.45) is 11.8 Å². The fraction of sp³-hybridized carbons (Fsp3) is 0.810. The molecule has 0 bridgehead atoms. The van der Waals surface area contributed by atoms with Gasteiger partial charge in [0.15, 0.2) is 5.78 Å². The van der Waals surface area contributed by atoms with E-state index in [0.29, 0.717) is 42.9 Å². The summed E-state index contributed by atoms with van der Waals surface area (Å²) < 4.78 is 0. The van der Waals surface area contributed by atoms with Gasteiger partial charge in [-0.2, -0.15) is 0 Å². The van der Waals surface area contributed by atoms with Gasteiger partial charge >= 0.3 is 0 Å². The topological polar surface area (TPSA) is 57.6 Å². The lowest BCUT2D eigenvalue weighted by Gasteiger charge is -2.57. The highest BCUT2D eigenvalue weighted by atomic mass is 16.3. The van der Waals surface area contributed by atoms with Gasteiger partial charge in [-0.3, -0.25) is 9.69 Å². The lowest BCUT2D eigenvalue weighted by Crippen LogP contribution is -2.64. The van der Waals surface area contributed by atoms with Gasteiger partial charge in [0.05, 0.1) is 5.60 Å². The van der Waals surface area contributed by atoms with E-state index in [1.54, 1.807) is 6.92 Å². The molecule has 4 rings (SSSR count). The number of rotatable bonds is 3. The molecule has 0 amide bonds. The van der Waals surface area contributed by atoms with E-state index in [1.807, 2.05) is 6.08 Å². The maximum absolute atomic E-state index is 11.8. The molecule has 0 aromatic rings. The fourth-order valence-electron chi connectivity index (χ4n) is 6.41. The first kappa shape index (κ1) is 17.4. The van der Waals surface area contributed by atoms with Gasteiger partial charge in [0, 0.05) is 31.0 Å². The van der Waals surface area contributed by atoms with Gasteiger partial charge in [0.2, 0.25) is 0 Å². The summed E-state index contributed by atoms with van der Waals surface area (Å²) >= 11 is 0. The molecule has 2 aliphatic carbocycles. The molecule has 0 aromatic carbocycles. The quantitative estimate of drug-likeness (QED) is 0.854. The number of piperidine rings is 1. The van der Waals surface area contributed by atoms with Gasteiger partial charge in [0.25, 0.3) is 0 Å². The van der Waals surface area contributed by atoms with E-state index in [-0.39, 0.29) is 11.3 Å². The van der Waals surface area contributed by atoms with Crippen LogP contribution in [-0.2, 0) is 9.59 Å². The molecule has 4 heteroatoms. The van der Waals surface area contributed by atoms with Gasteiger partial charge in [-0.15, -0.1) is 0 Å². The van der Waals surface area contributed by atoms with Gasteiger partial charge in [-0.05, 0) is 76.7 Å². The maximum Gasteiger partial charge on any atom is 0.155 e. The van der Waals surface area contributed by atoms with E-state index >= 15 is 0 Å². The third kappa shape index (κ3) is 2.64. The summed E-state index contributed by atoms with van der Waals surface area (Å²) in [4.78, 5) is 25.8. The van der Waals surface area contributed by atoms with Crippen LogP contribution in [0.2, 0.25) is 0 Å². The van der Waals surface area contributed by atoms with Crippen molar-refractivity contribution in [2.75, 3.05) is 6.54 Å². The molecule has 2 saturated heterocycles. The van der Waals surface area contributed by atoms with Crippen molar-refractivity contribution in [2.45, 2.75) is 88.8 Å². The third-order valence-electron chi connectivity index (χ3n) is 7.92. The first-order valence-electron chi connectivity index (χ1n) is 10.1. The van der Waals surface area contributed by atoms with Crippen LogP contribution in [0.25, 0.3) is 0 Å². The molecule has 138 valence electrons. The van der Waals surface area contributed by atoms with E-state index in [2.05, 4.69) is 11.8 Å². The van der Waals surface area contributed by atoms with Gasteiger partial charge in [-0.1, -0.05) is 5.57 Å². The van der Waals surface area contributed by atoms with E-state index in [9.17, 15) is 14.7 Å². The Bertz CT molecular complexity index is 627. The molecule has 1 N–H and O–H groups in total. The summed E-state index contributed by atoms with van der Waals surface area (Å²) in [5, 5.41) is 11.4. The number of fused-ring (bicyclic) bond motifs is 5. The van der Waals surface area contributed by atoms with Crippen LogP contribution >= 0.6 is 0 Å². The number of Topliss-reactive ketones (excluding diaryl/α,β-unsaturated/α-hetero) is 1. The van der Waals surface area contributed by atoms with Crippen molar-refractivity contribution >= 4 is 11.6 Å². The molecule has 0 spiro atoms. The molecule has 2 unspecified atom stereocenters. The smallest absolute Gasteiger partial charge is 0.155 e. The zero-order valence-corrected chi connectivity index (χ0v) is 15.6. The number of carbonyl (C=O) groups excluding carboxylic acids is 2. The Kier molecular flexibility index (Phi) is 4.19. The largest absolute Gasteiger partial charge is 0.388 e. The highest BCUT2D eigenvalue weighted by Gasteiger charge is 2.60. The number of hydrogen-bond acceptors (Lipinski definition) is 4. The molecule has 5 atom stereocenters. The molecule has 25 heavy (non-hydrogen) atoms. The van der Waals surface area contributed by atoms with Crippen molar-refractivity contribution in [1.82, 2.24) is 4.90 Å². The molecule has 4 aliphatic rings. The van der Waals surface area contributed by atoms with Crippen molar-refractivity contribution in [3.63, 3.8) is 0 Å². The Balaban J connectivity index is 1.57. The van der Waals surface area contributed by atoms with Crippen molar-refractivity contribution in [3.8, 4) is 0 Å². The van der Waals surface area contributed by atoms with E-state index in [1.165, 1.54) is 5.57 Å². The van der Waals surface area contributed by atoms with Crippen LogP contribution in [0.15, 0.2) is 11.6 Å². The zero-order chi connectivity index (χ0) is 17.8. The second-order valence-corrected chi connectivity index (χ2v) is 9.09. The predicted octanol–water partition coefficient (Wildman–Crippen LogP) is 3.03. The van der Waals surface area contributed by atoms with Crippen LogP contribution in [0, 0.1) is 11.8 Å². The van der Waals surface area contributed by atoms with E-state index in [0.717, 1.165) is 45.1 Å². The average Bonchev–Trinajstić information content (AvgIpc) is 2.84. The molecule has 0 radical (unpaired) electrons. The Morgan fingerprint density at radius 2 is 2.08 bits per heavy atom. The number of nitrogens with zero attached hydrogens (tertiary/aromatic N) is 1. The van der Waals surface area contributed by atoms with Crippen molar-refractivity contribution in [3.05, 3.63) is 11.6 Å². The summed E-state index contributed by atoms with van der Waals surface area (Å²) in [7, 11) is 0. The van der Waals surface area contributed by atoms with E-state index < -0.39 is 5.60 Å². The lowest BCUT2D eigenvalue weighted by molar-refractivity contribution is -0.127. The molecule has 2 aliphatic heterocycles. The Hall–Kier alpha value is -1.00. The summed E-state index contributed by atoms with van der Waals surface area (Å²) in [6, 6.07) is 0.528. The lowest BCUT2D eigenvalue weighted by atomic mass is 9.61. The van der Waals surface area contributed by atoms with Crippen molar-refractivity contribution in [1.29, 1.82) is 0 Å².